The van der Waals surface area contributed by atoms with E-state index in [0.717, 1.165) is 43.0 Å². The third-order valence-corrected chi connectivity index (χ3v) is 6.28. The van der Waals surface area contributed by atoms with Crippen molar-refractivity contribution in [2.45, 2.75) is 43.4 Å². The van der Waals surface area contributed by atoms with Gasteiger partial charge in [-0.2, -0.15) is 0 Å². The molecule has 4 nitrogen and oxygen atoms in total. The van der Waals surface area contributed by atoms with E-state index < -0.39 is 0 Å². The fourth-order valence-corrected chi connectivity index (χ4v) is 4.05. The van der Waals surface area contributed by atoms with Crippen LogP contribution in [0, 0.1) is 0 Å². The first-order chi connectivity index (χ1) is 13.6. The monoisotopic (exact) mass is 398 g/mol. The van der Waals surface area contributed by atoms with Gasteiger partial charge in [0.1, 0.15) is 11.9 Å². The molecule has 1 unspecified atom stereocenters. The van der Waals surface area contributed by atoms with Crippen LogP contribution < -0.4 is 10.1 Å². The van der Waals surface area contributed by atoms with Gasteiger partial charge in [-0.25, -0.2) is 0 Å². The summed E-state index contributed by atoms with van der Waals surface area (Å²) in [6, 6.07) is 18.3. The molecule has 1 N–H and O–H groups in total. The third-order valence-electron chi connectivity index (χ3n) is 5.07. The van der Waals surface area contributed by atoms with E-state index in [9.17, 15) is 4.79 Å². The van der Waals surface area contributed by atoms with Crippen LogP contribution in [-0.2, 0) is 17.1 Å². The standard InChI is InChI=1S/C23H30N2O2S/c1-18(28-17-20-6-4-3-5-7-20)23(26)24-16-19-8-10-21(11-9-19)27-22-12-14-25(2)15-13-22/h3-11,18,22H,12-17H2,1-2H3,(H,24,26). The molecule has 28 heavy (non-hydrogen) atoms. The lowest BCUT2D eigenvalue weighted by molar-refractivity contribution is -0.120. The van der Waals surface area contributed by atoms with Gasteiger partial charge in [-0.15, -0.1) is 11.8 Å². The Morgan fingerprint density at radius 2 is 1.79 bits per heavy atom. The molecule has 150 valence electrons. The van der Waals surface area contributed by atoms with Crippen molar-refractivity contribution >= 4 is 17.7 Å². The molecule has 0 aromatic heterocycles. The average molecular weight is 399 g/mol. The molecule has 1 saturated heterocycles. The van der Waals surface area contributed by atoms with Crippen molar-refractivity contribution in [3.05, 3.63) is 65.7 Å². The maximum atomic E-state index is 12.3. The van der Waals surface area contributed by atoms with Gasteiger partial charge in [-0.1, -0.05) is 42.5 Å². The minimum absolute atomic E-state index is 0.0765. The van der Waals surface area contributed by atoms with Crippen LogP contribution in [0.4, 0.5) is 0 Å². The van der Waals surface area contributed by atoms with Gasteiger partial charge >= 0.3 is 0 Å². The summed E-state index contributed by atoms with van der Waals surface area (Å²) in [6.07, 6.45) is 2.46. The summed E-state index contributed by atoms with van der Waals surface area (Å²) in [6.45, 7) is 4.69. The molecule has 0 aliphatic carbocycles. The summed E-state index contributed by atoms with van der Waals surface area (Å²) < 4.78 is 6.08. The van der Waals surface area contributed by atoms with Crippen LogP contribution in [0.25, 0.3) is 0 Å². The molecule has 0 radical (unpaired) electrons. The van der Waals surface area contributed by atoms with Gasteiger partial charge in [0.2, 0.25) is 5.91 Å². The Morgan fingerprint density at radius 3 is 2.46 bits per heavy atom. The van der Waals surface area contributed by atoms with Crippen LogP contribution >= 0.6 is 11.8 Å². The maximum Gasteiger partial charge on any atom is 0.233 e. The van der Waals surface area contributed by atoms with Gasteiger partial charge < -0.3 is 15.0 Å². The molecule has 3 rings (SSSR count). The second-order valence-electron chi connectivity index (χ2n) is 7.42. The Hall–Kier alpha value is -1.98. The number of likely N-dealkylation sites (tertiary alicyclic amines) is 1. The molecule has 1 atom stereocenters. The van der Waals surface area contributed by atoms with E-state index in [1.165, 1.54) is 5.56 Å². The van der Waals surface area contributed by atoms with Crippen molar-refractivity contribution in [1.82, 2.24) is 10.2 Å². The van der Waals surface area contributed by atoms with Crippen LogP contribution in [0.3, 0.4) is 0 Å². The van der Waals surface area contributed by atoms with E-state index in [2.05, 4.69) is 29.4 Å². The zero-order chi connectivity index (χ0) is 19.8. The highest BCUT2D eigenvalue weighted by atomic mass is 32.2. The van der Waals surface area contributed by atoms with Crippen LogP contribution in [-0.4, -0.2) is 42.3 Å². The highest BCUT2D eigenvalue weighted by Gasteiger charge is 2.18. The Morgan fingerprint density at radius 1 is 1.11 bits per heavy atom. The number of thioether (sulfide) groups is 1. The fourth-order valence-electron chi connectivity index (χ4n) is 3.19. The summed E-state index contributed by atoms with van der Waals surface area (Å²) >= 11 is 1.66. The van der Waals surface area contributed by atoms with E-state index in [4.69, 9.17) is 4.74 Å². The molecule has 1 aliphatic heterocycles. The quantitative estimate of drug-likeness (QED) is 0.727. The van der Waals surface area contributed by atoms with Gasteiger partial charge in [0, 0.05) is 25.4 Å². The van der Waals surface area contributed by atoms with E-state index in [0.29, 0.717) is 12.6 Å². The number of nitrogens with zero attached hydrogens (tertiary/aromatic N) is 1. The summed E-state index contributed by atoms with van der Waals surface area (Å²) in [4.78, 5) is 14.7. The normalized spacial score (nSPS) is 16.5. The van der Waals surface area contributed by atoms with Gasteiger partial charge in [0.15, 0.2) is 0 Å². The average Bonchev–Trinajstić information content (AvgIpc) is 2.73. The first-order valence-electron chi connectivity index (χ1n) is 9.97. The Balaban J connectivity index is 1.39. The second kappa shape index (κ2) is 10.5. The number of nitrogens with one attached hydrogen (secondary N) is 1. The van der Waals surface area contributed by atoms with Crippen LogP contribution in [0.1, 0.15) is 30.9 Å². The minimum Gasteiger partial charge on any atom is -0.490 e. The molecule has 1 aliphatic rings. The molecule has 1 heterocycles. The number of hydrogen-bond acceptors (Lipinski definition) is 4. The second-order valence-corrected chi connectivity index (χ2v) is 8.75. The Labute approximate surface area is 172 Å². The largest absolute Gasteiger partial charge is 0.490 e. The Bertz CT molecular complexity index is 728. The van der Waals surface area contributed by atoms with Crippen molar-refractivity contribution < 1.29 is 9.53 Å². The van der Waals surface area contributed by atoms with Crippen molar-refractivity contribution in [3.63, 3.8) is 0 Å². The van der Waals surface area contributed by atoms with Crippen molar-refractivity contribution in [2.75, 3.05) is 20.1 Å². The molecule has 5 heteroatoms. The summed E-state index contributed by atoms with van der Waals surface area (Å²) in [7, 11) is 2.15. The lowest BCUT2D eigenvalue weighted by Crippen LogP contribution is -2.35. The molecule has 2 aromatic rings. The number of amides is 1. The minimum atomic E-state index is -0.0766. The van der Waals surface area contributed by atoms with E-state index in [1.807, 2.05) is 49.4 Å². The Kier molecular flexibility index (Phi) is 7.80. The number of benzene rings is 2. The van der Waals surface area contributed by atoms with Crippen LogP contribution in [0.5, 0.6) is 5.75 Å². The molecule has 0 spiro atoms. The zero-order valence-electron chi connectivity index (χ0n) is 16.8. The van der Waals surface area contributed by atoms with Crippen LogP contribution in [0.2, 0.25) is 0 Å². The highest BCUT2D eigenvalue weighted by Crippen LogP contribution is 2.20. The summed E-state index contributed by atoms with van der Waals surface area (Å²) in [5, 5.41) is 2.96. The maximum absolute atomic E-state index is 12.3. The molecule has 2 aromatic carbocycles. The number of carbonyl (C=O) groups excluding carboxylic acids is 1. The van der Waals surface area contributed by atoms with E-state index in [-0.39, 0.29) is 11.2 Å². The topological polar surface area (TPSA) is 41.6 Å². The first-order valence-corrected chi connectivity index (χ1v) is 11.0. The molecular weight excluding hydrogens is 368 g/mol. The smallest absolute Gasteiger partial charge is 0.233 e. The first kappa shape index (κ1) is 20.7. The predicted molar refractivity (Wildman–Crippen MR) is 117 cm³/mol. The van der Waals surface area contributed by atoms with E-state index in [1.54, 1.807) is 11.8 Å². The highest BCUT2D eigenvalue weighted by molar-refractivity contribution is 7.99. The zero-order valence-corrected chi connectivity index (χ0v) is 17.6. The van der Waals surface area contributed by atoms with Gasteiger partial charge in [0.05, 0.1) is 5.25 Å². The number of rotatable bonds is 8. The van der Waals surface area contributed by atoms with Crippen molar-refractivity contribution in [2.24, 2.45) is 0 Å². The number of carbonyl (C=O) groups is 1. The van der Waals surface area contributed by atoms with Crippen molar-refractivity contribution in [1.29, 1.82) is 0 Å². The van der Waals surface area contributed by atoms with Gasteiger partial charge in [-0.3, -0.25) is 4.79 Å². The number of ether oxygens (including phenoxy) is 1. The predicted octanol–water partition coefficient (Wildman–Crippen LogP) is 4.10. The van der Waals surface area contributed by atoms with Gasteiger partial charge in [0.25, 0.3) is 0 Å². The summed E-state index contributed by atoms with van der Waals surface area (Å²) in [5.41, 5.74) is 2.33. The van der Waals surface area contributed by atoms with Crippen LogP contribution in [0.15, 0.2) is 54.6 Å². The molecule has 1 fully saturated rings. The lowest BCUT2D eigenvalue weighted by atomic mass is 10.1. The fraction of sp³-hybridized carbons (Fsp3) is 0.435. The molecule has 0 saturated carbocycles. The molecular formula is C23H30N2O2S. The molecule has 0 bridgehead atoms. The molecule has 1 amide bonds. The van der Waals surface area contributed by atoms with Crippen molar-refractivity contribution in [3.8, 4) is 5.75 Å². The van der Waals surface area contributed by atoms with E-state index >= 15 is 0 Å². The third kappa shape index (κ3) is 6.57. The summed E-state index contributed by atoms with van der Waals surface area (Å²) in [5.74, 6) is 1.84. The number of hydrogen-bond donors (Lipinski definition) is 1. The lowest BCUT2D eigenvalue weighted by Gasteiger charge is -2.29. The van der Waals surface area contributed by atoms with Gasteiger partial charge in [-0.05, 0) is 50.1 Å². The number of piperidine rings is 1. The SMILES string of the molecule is CC(SCc1ccccc1)C(=O)NCc1ccc(OC2CCN(C)CC2)cc1.